The molecule has 0 heterocycles. The van der Waals surface area contributed by atoms with Crippen LogP contribution in [-0.4, -0.2) is 35.2 Å². The van der Waals surface area contributed by atoms with E-state index in [0.717, 1.165) is 11.3 Å². The number of nitrogens with two attached hydrogens (primary N) is 1. The Morgan fingerprint density at radius 3 is 2.43 bits per heavy atom. The van der Waals surface area contributed by atoms with Gasteiger partial charge in [0.25, 0.3) is 0 Å². The number of aliphatic carboxylic acids is 1. The Hall–Kier alpha value is -2.21. The maximum Gasteiger partial charge on any atom is 0.320 e. The Morgan fingerprint density at radius 1 is 1.29 bits per heavy atom. The molecule has 0 bridgehead atoms. The summed E-state index contributed by atoms with van der Waals surface area (Å²) in [6.07, 6.45) is 0.474. The molecule has 114 valence electrons. The minimum absolute atomic E-state index is 0.0481. The lowest BCUT2D eigenvalue weighted by molar-refractivity contribution is -0.138. The number of carboxylic acid groups (broad SMARTS) is 1. The summed E-state index contributed by atoms with van der Waals surface area (Å²) in [6, 6.07) is 5.83. The first-order chi connectivity index (χ1) is 9.90. The normalized spacial score (nSPS) is 11.6. The molecule has 0 aliphatic rings. The predicted octanol–water partition coefficient (Wildman–Crippen LogP) is 1.63. The molecule has 1 atom stereocenters. The number of oxime groups is 1. The fourth-order valence-corrected chi connectivity index (χ4v) is 1.63. The van der Waals surface area contributed by atoms with Crippen molar-refractivity contribution in [2.24, 2.45) is 10.9 Å². The van der Waals surface area contributed by atoms with Crippen LogP contribution < -0.4 is 5.73 Å². The average Bonchev–Trinajstić information content (AvgIpc) is 2.43. The maximum atomic E-state index is 11.9. The van der Waals surface area contributed by atoms with E-state index in [4.69, 9.17) is 15.7 Å². The van der Waals surface area contributed by atoms with Gasteiger partial charge in [0.05, 0.1) is 5.71 Å². The third kappa shape index (κ3) is 6.18. The fourth-order valence-electron chi connectivity index (χ4n) is 1.63. The molecule has 21 heavy (non-hydrogen) atoms. The minimum Gasteiger partial charge on any atom is -0.480 e. The van der Waals surface area contributed by atoms with E-state index in [-0.39, 0.29) is 25.2 Å². The number of ketones is 1. The molecule has 0 saturated carbocycles. The summed E-state index contributed by atoms with van der Waals surface area (Å²) in [5.41, 5.74) is 7.59. The van der Waals surface area contributed by atoms with Crippen molar-refractivity contribution in [3.63, 3.8) is 0 Å². The second-order valence-electron chi connectivity index (χ2n) is 4.89. The molecule has 0 fully saturated rings. The molecule has 0 aliphatic carbocycles. The third-order valence-electron chi connectivity index (χ3n) is 2.72. The van der Waals surface area contributed by atoms with Crippen molar-refractivity contribution < 1.29 is 19.5 Å². The molecular weight excluding hydrogens is 272 g/mol. The molecule has 0 amide bonds. The van der Waals surface area contributed by atoms with E-state index in [2.05, 4.69) is 5.16 Å². The van der Waals surface area contributed by atoms with Gasteiger partial charge in [-0.3, -0.25) is 9.59 Å². The molecule has 6 nitrogen and oxygen atoms in total. The zero-order valence-corrected chi connectivity index (χ0v) is 12.2. The average molecular weight is 292 g/mol. The van der Waals surface area contributed by atoms with Crippen LogP contribution in [-0.2, 0) is 16.1 Å². The number of carboxylic acids is 1. The van der Waals surface area contributed by atoms with Crippen molar-refractivity contribution in [3.05, 3.63) is 35.4 Å². The minimum atomic E-state index is -1.04. The largest absolute Gasteiger partial charge is 0.480 e. The number of rotatable bonds is 8. The molecule has 0 spiro atoms. The Bertz CT molecular complexity index is 519. The number of Topliss-reactive ketones (excluding diaryl/α,β-unsaturated/α-hetero) is 1. The molecule has 1 aromatic carbocycles. The second-order valence-corrected chi connectivity index (χ2v) is 4.89. The Labute approximate surface area is 123 Å². The van der Waals surface area contributed by atoms with Gasteiger partial charge in [0.1, 0.15) is 12.6 Å². The van der Waals surface area contributed by atoms with Crippen LogP contribution >= 0.6 is 0 Å². The number of carbonyl (C=O) groups is 2. The lowest BCUT2D eigenvalue weighted by atomic mass is 10.0. The number of hydrogen-bond donors (Lipinski definition) is 2. The van der Waals surface area contributed by atoms with Gasteiger partial charge in [0.2, 0.25) is 0 Å². The lowest BCUT2D eigenvalue weighted by Crippen LogP contribution is -2.32. The van der Waals surface area contributed by atoms with Crippen molar-refractivity contribution in [3.8, 4) is 0 Å². The van der Waals surface area contributed by atoms with E-state index in [1.54, 1.807) is 24.3 Å². The third-order valence-corrected chi connectivity index (χ3v) is 2.72. The van der Waals surface area contributed by atoms with E-state index in [1.165, 1.54) is 0 Å². The predicted molar refractivity (Wildman–Crippen MR) is 79.4 cm³/mol. The van der Waals surface area contributed by atoms with Crippen LogP contribution in [0.2, 0.25) is 0 Å². The first-order valence-corrected chi connectivity index (χ1v) is 6.64. The molecule has 1 aromatic rings. The monoisotopic (exact) mass is 292 g/mol. The SMILES string of the molecule is CC(C)=NOCCC(=O)c1ccc(CC(N)C(=O)O)cc1. The van der Waals surface area contributed by atoms with Crippen LogP contribution in [0, 0.1) is 0 Å². The van der Waals surface area contributed by atoms with E-state index in [1.807, 2.05) is 13.8 Å². The Kier molecular flexibility index (Phi) is 6.55. The standard InChI is InChI=1S/C15H20N2O4/c1-10(2)17-21-8-7-14(18)12-5-3-11(4-6-12)9-13(16)15(19)20/h3-6,13H,7-9,16H2,1-2H3,(H,19,20). The Morgan fingerprint density at radius 2 is 1.90 bits per heavy atom. The van der Waals surface area contributed by atoms with Crippen LogP contribution in [0.1, 0.15) is 36.2 Å². The number of benzene rings is 1. The fraction of sp³-hybridized carbons (Fsp3) is 0.400. The van der Waals surface area contributed by atoms with Crippen LogP contribution in [0.25, 0.3) is 0 Å². The van der Waals surface area contributed by atoms with Crippen LogP contribution in [0.5, 0.6) is 0 Å². The highest BCUT2D eigenvalue weighted by Gasteiger charge is 2.12. The number of nitrogens with zero attached hydrogens (tertiary/aromatic N) is 1. The van der Waals surface area contributed by atoms with E-state index >= 15 is 0 Å². The summed E-state index contributed by atoms with van der Waals surface area (Å²) >= 11 is 0. The lowest BCUT2D eigenvalue weighted by Gasteiger charge is -2.07. The second kappa shape index (κ2) is 8.16. The summed E-state index contributed by atoms with van der Waals surface area (Å²) in [4.78, 5) is 27.5. The van der Waals surface area contributed by atoms with Gasteiger partial charge in [0, 0.05) is 12.0 Å². The molecule has 0 saturated heterocycles. The van der Waals surface area contributed by atoms with Crippen molar-refractivity contribution in [2.75, 3.05) is 6.61 Å². The Balaban J connectivity index is 2.51. The molecule has 3 N–H and O–H groups in total. The highest BCUT2D eigenvalue weighted by Crippen LogP contribution is 2.09. The van der Waals surface area contributed by atoms with Gasteiger partial charge in [-0.25, -0.2) is 0 Å². The van der Waals surface area contributed by atoms with Gasteiger partial charge in [0.15, 0.2) is 5.78 Å². The summed E-state index contributed by atoms with van der Waals surface area (Å²) < 4.78 is 0. The molecule has 1 unspecified atom stereocenters. The highest BCUT2D eigenvalue weighted by atomic mass is 16.6. The van der Waals surface area contributed by atoms with Gasteiger partial charge < -0.3 is 15.7 Å². The van der Waals surface area contributed by atoms with Crippen LogP contribution in [0.4, 0.5) is 0 Å². The topological polar surface area (TPSA) is 102 Å². The zero-order chi connectivity index (χ0) is 15.8. The van der Waals surface area contributed by atoms with Gasteiger partial charge in [-0.05, 0) is 25.8 Å². The summed E-state index contributed by atoms with van der Waals surface area (Å²) in [5, 5.41) is 12.5. The maximum absolute atomic E-state index is 11.9. The number of hydrogen-bond acceptors (Lipinski definition) is 5. The smallest absolute Gasteiger partial charge is 0.320 e. The quantitative estimate of drug-likeness (QED) is 0.328. The first kappa shape index (κ1) is 16.8. The molecule has 1 rings (SSSR count). The highest BCUT2D eigenvalue weighted by molar-refractivity contribution is 5.96. The van der Waals surface area contributed by atoms with Crippen molar-refractivity contribution in [2.45, 2.75) is 32.7 Å². The summed E-state index contributed by atoms with van der Waals surface area (Å²) in [6.45, 7) is 3.85. The van der Waals surface area contributed by atoms with Gasteiger partial charge in [-0.2, -0.15) is 0 Å². The molecule has 0 aliphatic heterocycles. The van der Waals surface area contributed by atoms with Crippen molar-refractivity contribution in [1.29, 1.82) is 0 Å². The van der Waals surface area contributed by atoms with Gasteiger partial charge in [-0.15, -0.1) is 0 Å². The van der Waals surface area contributed by atoms with E-state index in [0.29, 0.717) is 5.56 Å². The number of carbonyl (C=O) groups excluding carboxylic acids is 1. The summed E-state index contributed by atoms with van der Waals surface area (Å²) in [5.74, 6) is -1.09. The zero-order valence-electron chi connectivity index (χ0n) is 12.2. The van der Waals surface area contributed by atoms with Crippen LogP contribution in [0.15, 0.2) is 29.4 Å². The summed E-state index contributed by atoms with van der Waals surface area (Å²) in [7, 11) is 0. The first-order valence-electron chi connectivity index (χ1n) is 6.64. The molecular formula is C15H20N2O4. The van der Waals surface area contributed by atoms with E-state index in [9.17, 15) is 9.59 Å². The van der Waals surface area contributed by atoms with Gasteiger partial charge in [-0.1, -0.05) is 29.4 Å². The molecule has 6 heteroatoms. The molecule has 0 aromatic heterocycles. The van der Waals surface area contributed by atoms with E-state index < -0.39 is 12.0 Å². The van der Waals surface area contributed by atoms with Gasteiger partial charge >= 0.3 is 5.97 Å². The van der Waals surface area contributed by atoms with Crippen LogP contribution in [0.3, 0.4) is 0 Å². The van der Waals surface area contributed by atoms with Crippen molar-refractivity contribution >= 4 is 17.5 Å². The van der Waals surface area contributed by atoms with Crippen molar-refractivity contribution in [1.82, 2.24) is 0 Å². The molecule has 0 radical (unpaired) electrons.